The molecule has 1 amide bonds. The van der Waals surface area contributed by atoms with Crippen LogP contribution in [-0.4, -0.2) is 20.7 Å². The summed E-state index contributed by atoms with van der Waals surface area (Å²) in [5, 5.41) is 8.56. The summed E-state index contributed by atoms with van der Waals surface area (Å²) in [7, 11) is 0. The molecule has 0 bridgehead atoms. The van der Waals surface area contributed by atoms with E-state index in [1.807, 2.05) is 19.9 Å². The van der Waals surface area contributed by atoms with Gasteiger partial charge in [0.15, 0.2) is 0 Å². The van der Waals surface area contributed by atoms with Gasteiger partial charge in [0.2, 0.25) is 0 Å². The minimum Gasteiger partial charge on any atom is -0.345 e. The summed E-state index contributed by atoms with van der Waals surface area (Å²) >= 11 is 1.58. The third-order valence-corrected chi connectivity index (χ3v) is 6.28. The number of carbonyl (C=O) groups excluding carboxylic acids is 1. The number of fused-ring (bicyclic) bond motifs is 1. The quantitative estimate of drug-likeness (QED) is 0.612. The smallest absolute Gasteiger partial charge is 0.252 e. The van der Waals surface area contributed by atoms with Gasteiger partial charge >= 0.3 is 0 Å². The second-order valence-electron chi connectivity index (χ2n) is 7.29. The molecule has 3 aromatic rings. The number of benzene rings is 1. The Morgan fingerprint density at radius 2 is 2.07 bits per heavy atom. The van der Waals surface area contributed by atoms with Crippen LogP contribution >= 0.6 is 11.3 Å². The van der Waals surface area contributed by atoms with E-state index >= 15 is 0 Å². The number of hydrogen-bond donors (Lipinski definition) is 1. The largest absolute Gasteiger partial charge is 0.345 e. The summed E-state index contributed by atoms with van der Waals surface area (Å²) in [6.07, 6.45) is 9.14. The molecule has 1 aliphatic rings. The molecule has 1 N–H and O–H groups in total. The Morgan fingerprint density at radius 3 is 2.73 bits per heavy atom. The summed E-state index contributed by atoms with van der Waals surface area (Å²) in [5.41, 5.74) is 4.16. The molecule has 2 aromatic heterocycles. The van der Waals surface area contributed by atoms with Gasteiger partial charge in [-0.1, -0.05) is 18.6 Å². The second kappa shape index (κ2) is 8.36. The van der Waals surface area contributed by atoms with Crippen LogP contribution < -0.4 is 5.32 Å². The first-order valence-electron chi connectivity index (χ1n) is 9.93. The highest BCUT2D eigenvalue weighted by atomic mass is 32.1. The monoisotopic (exact) mass is 422 g/mol. The van der Waals surface area contributed by atoms with Crippen molar-refractivity contribution in [1.82, 2.24) is 20.1 Å². The van der Waals surface area contributed by atoms with Gasteiger partial charge in [-0.3, -0.25) is 4.79 Å². The van der Waals surface area contributed by atoms with Crippen LogP contribution in [0.5, 0.6) is 0 Å². The van der Waals surface area contributed by atoms with Crippen molar-refractivity contribution < 1.29 is 9.18 Å². The number of hydrogen-bond acceptors (Lipinski definition) is 4. The van der Waals surface area contributed by atoms with Gasteiger partial charge in [0, 0.05) is 22.2 Å². The maximum absolute atomic E-state index is 13.4. The Hall–Kier alpha value is -3.06. The van der Waals surface area contributed by atoms with Gasteiger partial charge in [0.05, 0.1) is 28.6 Å². The lowest BCUT2D eigenvalue weighted by Crippen LogP contribution is -2.27. The Morgan fingerprint density at radius 1 is 1.30 bits per heavy atom. The Balaban J connectivity index is 1.69. The lowest BCUT2D eigenvalue weighted by atomic mass is 10.1. The summed E-state index contributed by atoms with van der Waals surface area (Å²) in [4.78, 5) is 18.5. The minimum atomic E-state index is -0.297. The molecule has 0 spiro atoms. The molecule has 0 saturated carbocycles. The Bertz CT molecular complexity index is 1140. The molecule has 0 radical (unpaired) electrons. The maximum atomic E-state index is 13.4. The molecular weight excluding hydrogens is 399 g/mol. The lowest BCUT2D eigenvalue weighted by Gasteiger charge is -2.14. The van der Waals surface area contributed by atoms with E-state index in [9.17, 15) is 9.18 Å². The van der Waals surface area contributed by atoms with Gasteiger partial charge in [0.1, 0.15) is 5.82 Å². The van der Waals surface area contributed by atoms with Crippen LogP contribution in [0, 0.1) is 12.7 Å². The predicted molar refractivity (Wildman–Crippen MR) is 118 cm³/mol. The highest BCUT2D eigenvalue weighted by Crippen LogP contribution is 2.31. The van der Waals surface area contributed by atoms with E-state index in [-0.39, 0.29) is 17.8 Å². The SMILES string of the molecule is CCC1=Cc2c(cnn2-c2ccc(F)cc2)C(C(=O)NC(C)c2cnc(C)s2)=CC1. The fraction of sp³-hybridized carbons (Fsp3) is 0.261. The van der Waals surface area contributed by atoms with Gasteiger partial charge in [0.25, 0.3) is 5.91 Å². The third kappa shape index (κ3) is 3.98. The van der Waals surface area contributed by atoms with Gasteiger partial charge in [-0.2, -0.15) is 5.10 Å². The summed E-state index contributed by atoms with van der Waals surface area (Å²) < 4.78 is 15.1. The van der Waals surface area contributed by atoms with Crippen LogP contribution in [0.1, 0.15) is 53.9 Å². The van der Waals surface area contributed by atoms with Crippen molar-refractivity contribution in [2.24, 2.45) is 0 Å². The number of nitrogens with one attached hydrogen (secondary N) is 1. The summed E-state index contributed by atoms with van der Waals surface area (Å²) in [5.74, 6) is -0.437. The number of amides is 1. The van der Waals surface area contributed by atoms with Crippen LogP contribution in [0.3, 0.4) is 0 Å². The van der Waals surface area contributed by atoms with Crippen LogP contribution in [0.25, 0.3) is 17.3 Å². The molecule has 1 unspecified atom stereocenters. The van der Waals surface area contributed by atoms with E-state index in [0.29, 0.717) is 12.0 Å². The van der Waals surface area contributed by atoms with Gasteiger partial charge in [-0.05, 0) is 57.0 Å². The third-order valence-electron chi connectivity index (χ3n) is 5.19. The highest BCUT2D eigenvalue weighted by molar-refractivity contribution is 7.11. The fourth-order valence-electron chi connectivity index (χ4n) is 3.47. The molecule has 1 atom stereocenters. The van der Waals surface area contributed by atoms with Crippen molar-refractivity contribution in [2.45, 2.75) is 39.7 Å². The van der Waals surface area contributed by atoms with Gasteiger partial charge in [-0.25, -0.2) is 14.1 Å². The van der Waals surface area contributed by atoms with Crippen LogP contribution in [0.2, 0.25) is 0 Å². The van der Waals surface area contributed by atoms with Crippen LogP contribution in [0.4, 0.5) is 4.39 Å². The maximum Gasteiger partial charge on any atom is 0.252 e. The first kappa shape index (κ1) is 20.2. The summed E-state index contributed by atoms with van der Waals surface area (Å²) in [6, 6.07) is 6.05. The number of aryl methyl sites for hydroxylation is 1. The van der Waals surface area contributed by atoms with Crippen molar-refractivity contribution >= 4 is 28.9 Å². The highest BCUT2D eigenvalue weighted by Gasteiger charge is 2.23. The van der Waals surface area contributed by atoms with Crippen molar-refractivity contribution in [1.29, 1.82) is 0 Å². The van der Waals surface area contributed by atoms with E-state index in [1.54, 1.807) is 40.5 Å². The first-order chi connectivity index (χ1) is 14.5. The molecule has 1 aliphatic carbocycles. The number of nitrogens with zero attached hydrogens (tertiary/aromatic N) is 3. The van der Waals surface area contributed by atoms with Crippen molar-refractivity contribution in [3.63, 3.8) is 0 Å². The molecule has 0 saturated heterocycles. The predicted octanol–water partition coefficient (Wildman–Crippen LogP) is 5.23. The standard InChI is InChI=1S/C23H23FN4OS/c1-4-16-5-10-19(23(29)27-14(2)22-13-25-15(3)30-22)20-12-26-28(21(20)11-16)18-8-6-17(24)7-9-18/h6-14H,4-5H2,1-3H3,(H,27,29). The average Bonchev–Trinajstić information content (AvgIpc) is 3.30. The molecule has 0 aliphatic heterocycles. The van der Waals surface area contributed by atoms with E-state index in [4.69, 9.17) is 0 Å². The molecule has 2 heterocycles. The van der Waals surface area contributed by atoms with E-state index in [0.717, 1.165) is 33.3 Å². The van der Waals surface area contributed by atoms with E-state index < -0.39 is 0 Å². The molecular formula is C23H23FN4OS. The molecule has 154 valence electrons. The number of allylic oxidation sites excluding steroid dienone is 2. The number of thiazole rings is 1. The molecule has 30 heavy (non-hydrogen) atoms. The van der Waals surface area contributed by atoms with Crippen molar-refractivity contribution in [3.8, 4) is 5.69 Å². The van der Waals surface area contributed by atoms with Crippen LogP contribution in [-0.2, 0) is 4.79 Å². The number of carbonyl (C=O) groups is 1. The van der Waals surface area contributed by atoms with Crippen molar-refractivity contribution in [2.75, 3.05) is 0 Å². The second-order valence-corrected chi connectivity index (χ2v) is 8.55. The Labute approximate surface area is 179 Å². The number of rotatable bonds is 5. The topological polar surface area (TPSA) is 59.8 Å². The average molecular weight is 423 g/mol. The first-order valence-corrected chi connectivity index (χ1v) is 10.7. The number of aromatic nitrogens is 3. The fourth-order valence-corrected chi connectivity index (χ4v) is 4.26. The zero-order valence-electron chi connectivity index (χ0n) is 17.1. The van der Waals surface area contributed by atoms with Crippen molar-refractivity contribution in [3.05, 3.63) is 75.3 Å². The molecule has 7 heteroatoms. The molecule has 5 nitrogen and oxygen atoms in total. The molecule has 1 aromatic carbocycles. The zero-order chi connectivity index (χ0) is 21.3. The van der Waals surface area contributed by atoms with Gasteiger partial charge in [-0.15, -0.1) is 11.3 Å². The zero-order valence-corrected chi connectivity index (χ0v) is 18.0. The number of halogens is 1. The summed E-state index contributed by atoms with van der Waals surface area (Å²) in [6.45, 7) is 6.00. The lowest BCUT2D eigenvalue weighted by molar-refractivity contribution is -0.116. The van der Waals surface area contributed by atoms with Crippen LogP contribution in [0.15, 0.2) is 48.3 Å². The minimum absolute atomic E-state index is 0.137. The molecule has 4 rings (SSSR count). The van der Waals surface area contributed by atoms with E-state index in [2.05, 4.69) is 28.4 Å². The normalized spacial score (nSPS) is 14.4. The molecule has 0 fully saturated rings. The van der Waals surface area contributed by atoms with Gasteiger partial charge < -0.3 is 5.32 Å². The Kier molecular flexibility index (Phi) is 5.63. The van der Waals surface area contributed by atoms with E-state index in [1.165, 1.54) is 17.7 Å².